The van der Waals surface area contributed by atoms with Gasteiger partial charge in [0.1, 0.15) is 5.60 Å². The summed E-state index contributed by atoms with van der Waals surface area (Å²) in [6.07, 6.45) is 0.763. The van der Waals surface area contributed by atoms with Gasteiger partial charge < -0.3 is 19.3 Å². The molecule has 160 valence electrons. The number of nitrogens with zero attached hydrogens (tertiary/aromatic N) is 1. The van der Waals surface area contributed by atoms with Crippen molar-refractivity contribution in [1.82, 2.24) is 4.90 Å². The maximum absolute atomic E-state index is 13.0. The Kier molecular flexibility index (Phi) is 4.16. The second kappa shape index (κ2) is 6.44. The SMILES string of the molecule is COc1ccc2c3c1O[C@H]1C(=O)CC[C@@]4(OC(=O)CCC(=O)O)[C@@H](C2)N(C)CC[C@]314. The number of rotatable bonds is 5. The van der Waals surface area contributed by atoms with Gasteiger partial charge in [-0.1, -0.05) is 6.07 Å². The smallest absolute Gasteiger partial charge is 0.307 e. The fraction of sp³-hybridized carbons (Fsp3) is 0.591. The Morgan fingerprint density at radius 1 is 1.30 bits per heavy atom. The van der Waals surface area contributed by atoms with Gasteiger partial charge >= 0.3 is 11.9 Å². The minimum absolute atomic E-state index is 0.0154. The van der Waals surface area contributed by atoms with E-state index < -0.39 is 29.1 Å². The topological polar surface area (TPSA) is 102 Å². The number of aliphatic carboxylic acids is 1. The predicted molar refractivity (Wildman–Crippen MR) is 104 cm³/mol. The van der Waals surface area contributed by atoms with E-state index in [9.17, 15) is 14.4 Å². The Labute approximate surface area is 174 Å². The minimum atomic E-state index is -1.04. The Morgan fingerprint density at radius 2 is 2.10 bits per heavy atom. The number of carbonyl (C=O) groups excluding carboxylic acids is 2. The monoisotopic (exact) mass is 415 g/mol. The molecule has 8 heteroatoms. The van der Waals surface area contributed by atoms with Crippen LogP contribution in [0.5, 0.6) is 11.5 Å². The molecule has 1 saturated heterocycles. The Balaban J connectivity index is 1.69. The quantitative estimate of drug-likeness (QED) is 0.722. The number of hydrogen-bond acceptors (Lipinski definition) is 7. The molecule has 1 aromatic carbocycles. The molecule has 2 bridgehead atoms. The highest BCUT2D eigenvalue weighted by molar-refractivity contribution is 5.90. The van der Waals surface area contributed by atoms with Crippen molar-refractivity contribution in [3.05, 3.63) is 23.3 Å². The van der Waals surface area contributed by atoms with Crippen molar-refractivity contribution in [2.45, 2.75) is 61.7 Å². The lowest BCUT2D eigenvalue weighted by Crippen LogP contribution is -2.77. The summed E-state index contributed by atoms with van der Waals surface area (Å²) < 4.78 is 18.0. The molecule has 1 aromatic rings. The van der Waals surface area contributed by atoms with E-state index in [0.717, 1.165) is 17.7 Å². The highest BCUT2D eigenvalue weighted by atomic mass is 16.6. The van der Waals surface area contributed by atoms with Crippen LogP contribution >= 0.6 is 0 Å². The minimum Gasteiger partial charge on any atom is -0.493 e. The van der Waals surface area contributed by atoms with Crippen LogP contribution < -0.4 is 9.47 Å². The first-order valence-corrected chi connectivity index (χ1v) is 10.4. The third-order valence-electron chi connectivity index (χ3n) is 7.53. The fourth-order valence-electron chi connectivity index (χ4n) is 6.33. The molecule has 2 heterocycles. The number of esters is 1. The normalized spacial score (nSPS) is 33.5. The van der Waals surface area contributed by atoms with Crippen molar-refractivity contribution < 1.29 is 33.7 Å². The van der Waals surface area contributed by atoms with Gasteiger partial charge in [0.25, 0.3) is 0 Å². The summed E-state index contributed by atoms with van der Waals surface area (Å²) in [6, 6.07) is 3.78. The number of carboxylic acids is 1. The summed E-state index contributed by atoms with van der Waals surface area (Å²) in [6.45, 7) is 0.752. The summed E-state index contributed by atoms with van der Waals surface area (Å²) in [5.41, 5.74) is 0.335. The average molecular weight is 415 g/mol. The maximum atomic E-state index is 13.0. The second-order valence-electron chi connectivity index (χ2n) is 8.77. The van der Waals surface area contributed by atoms with Crippen LogP contribution in [0.4, 0.5) is 0 Å². The molecule has 5 rings (SSSR count). The van der Waals surface area contributed by atoms with Gasteiger partial charge in [-0.2, -0.15) is 0 Å². The largest absolute Gasteiger partial charge is 0.493 e. The van der Waals surface area contributed by atoms with E-state index in [1.807, 2.05) is 19.2 Å². The van der Waals surface area contributed by atoms with Gasteiger partial charge in [-0.25, -0.2) is 0 Å². The van der Waals surface area contributed by atoms with Crippen LogP contribution in [0.1, 0.15) is 43.2 Å². The van der Waals surface area contributed by atoms with E-state index in [1.54, 1.807) is 7.11 Å². The van der Waals surface area contributed by atoms with Crippen LogP contribution in [0.3, 0.4) is 0 Å². The molecule has 0 aromatic heterocycles. The average Bonchev–Trinajstić information content (AvgIpc) is 3.07. The van der Waals surface area contributed by atoms with Crippen LogP contribution in [0.2, 0.25) is 0 Å². The number of ketones is 1. The Bertz CT molecular complexity index is 959. The first-order valence-electron chi connectivity index (χ1n) is 10.4. The fourth-order valence-corrected chi connectivity index (χ4v) is 6.33. The van der Waals surface area contributed by atoms with Gasteiger partial charge in [-0.05, 0) is 44.5 Å². The lowest BCUT2D eigenvalue weighted by molar-refractivity contribution is -0.213. The molecule has 0 unspecified atom stereocenters. The molecule has 1 N–H and O–H groups in total. The van der Waals surface area contributed by atoms with Gasteiger partial charge in [0.05, 0.1) is 31.4 Å². The molecule has 4 atom stereocenters. The van der Waals surface area contributed by atoms with Gasteiger partial charge in [0.2, 0.25) is 0 Å². The van der Waals surface area contributed by atoms with E-state index in [-0.39, 0.29) is 31.1 Å². The van der Waals surface area contributed by atoms with Gasteiger partial charge in [-0.3, -0.25) is 19.3 Å². The molecule has 30 heavy (non-hydrogen) atoms. The van der Waals surface area contributed by atoms with Gasteiger partial charge in [0.15, 0.2) is 23.4 Å². The van der Waals surface area contributed by atoms with Crippen molar-refractivity contribution in [3.63, 3.8) is 0 Å². The lowest BCUT2D eigenvalue weighted by Gasteiger charge is -2.63. The molecule has 2 aliphatic carbocycles. The van der Waals surface area contributed by atoms with E-state index in [2.05, 4.69) is 4.90 Å². The third-order valence-corrected chi connectivity index (χ3v) is 7.53. The molecule has 2 fully saturated rings. The van der Waals surface area contributed by atoms with E-state index >= 15 is 0 Å². The number of likely N-dealkylation sites (tertiary alicyclic amines) is 1. The van der Waals surface area contributed by atoms with Crippen LogP contribution in [-0.4, -0.2) is 66.2 Å². The molecule has 0 radical (unpaired) electrons. The number of methoxy groups -OCH3 is 1. The number of benzene rings is 1. The number of ether oxygens (including phenoxy) is 3. The number of Topliss-reactive ketones (excluding diaryl/α,β-unsaturated/α-hetero) is 1. The van der Waals surface area contributed by atoms with E-state index in [1.165, 1.54) is 0 Å². The van der Waals surface area contributed by atoms with Crippen LogP contribution in [0.25, 0.3) is 0 Å². The second-order valence-corrected chi connectivity index (χ2v) is 8.77. The summed E-state index contributed by atoms with van der Waals surface area (Å²) >= 11 is 0. The molecule has 4 aliphatic rings. The molecular weight excluding hydrogens is 390 g/mol. The Morgan fingerprint density at radius 3 is 2.83 bits per heavy atom. The molecule has 0 amide bonds. The molecule has 8 nitrogen and oxygen atoms in total. The van der Waals surface area contributed by atoms with Gasteiger partial charge in [-0.15, -0.1) is 0 Å². The van der Waals surface area contributed by atoms with Crippen molar-refractivity contribution in [2.24, 2.45) is 0 Å². The molecule has 1 spiro atoms. The van der Waals surface area contributed by atoms with Crippen molar-refractivity contribution in [1.29, 1.82) is 0 Å². The molecule has 1 saturated carbocycles. The van der Waals surface area contributed by atoms with Crippen LogP contribution in [0.15, 0.2) is 12.1 Å². The molecular formula is C22H25NO7. The van der Waals surface area contributed by atoms with Crippen LogP contribution in [0, 0.1) is 0 Å². The zero-order valence-electron chi connectivity index (χ0n) is 17.1. The highest BCUT2D eigenvalue weighted by Gasteiger charge is 2.75. The first kappa shape index (κ1) is 19.4. The number of carboxylic acid groups (broad SMARTS) is 1. The number of likely N-dealkylation sites (N-methyl/N-ethyl adjacent to an activating group) is 1. The van der Waals surface area contributed by atoms with E-state index in [4.69, 9.17) is 19.3 Å². The number of hydrogen-bond donors (Lipinski definition) is 1. The third kappa shape index (κ3) is 2.28. The lowest BCUT2D eigenvalue weighted by atomic mass is 9.49. The summed E-state index contributed by atoms with van der Waals surface area (Å²) in [5.74, 6) is -0.397. The van der Waals surface area contributed by atoms with Crippen molar-refractivity contribution in [2.75, 3.05) is 20.7 Å². The van der Waals surface area contributed by atoms with Crippen molar-refractivity contribution >= 4 is 17.7 Å². The van der Waals surface area contributed by atoms with E-state index in [0.29, 0.717) is 30.8 Å². The first-order chi connectivity index (χ1) is 14.3. The number of piperidine rings is 1. The van der Waals surface area contributed by atoms with Crippen molar-refractivity contribution in [3.8, 4) is 11.5 Å². The summed E-state index contributed by atoms with van der Waals surface area (Å²) in [7, 11) is 3.59. The zero-order valence-corrected chi connectivity index (χ0v) is 17.1. The molecule has 2 aliphatic heterocycles. The Hall–Kier alpha value is -2.61. The maximum Gasteiger partial charge on any atom is 0.307 e. The zero-order chi connectivity index (χ0) is 21.3. The summed E-state index contributed by atoms with van der Waals surface area (Å²) in [4.78, 5) is 39.0. The van der Waals surface area contributed by atoms with Crippen LogP contribution in [-0.2, 0) is 31.0 Å². The van der Waals surface area contributed by atoms with Gasteiger partial charge in [0, 0.05) is 12.0 Å². The summed E-state index contributed by atoms with van der Waals surface area (Å²) in [5, 5.41) is 8.98. The highest BCUT2D eigenvalue weighted by Crippen LogP contribution is 2.66. The number of carbonyl (C=O) groups is 3. The standard InChI is InChI=1S/C22H25NO7/c1-23-10-9-21-18-12-3-4-14(28-2)19(18)29-20(21)13(24)7-8-22(21,15(23)11-12)30-17(27)6-5-16(25)26/h3-4,15,20H,5-11H2,1-2H3,(H,25,26)/t15-,20+,21+,22-/m1/s1. The predicted octanol–water partition coefficient (Wildman–Crippen LogP) is 1.46.